The van der Waals surface area contributed by atoms with Crippen molar-refractivity contribution in [2.45, 2.75) is 57.8 Å². The van der Waals surface area contributed by atoms with Crippen LogP contribution in [0.15, 0.2) is 0 Å². The molecule has 3 heteroatoms. The molecule has 0 aromatic heterocycles. The molecule has 2 saturated carbocycles. The molecule has 0 N–H and O–H groups in total. The van der Waals surface area contributed by atoms with Crippen LogP contribution < -0.4 is 0 Å². The Bertz CT molecular complexity index is 356. The number of piperidine rings is 1. The molecule has 1 heterocycles. The van der Waals surface area contributed by atoms with Crippen LogP contribution in [0.4, 0.5) is 0 Å². The Hall–Kier alpha value is -0.860. The van der Waals surface area contributed by atoms with E-state index in [0.29, 0.717) is 37.6 Å². The molecule has 0 bridgehead atoms. The molecule has 3 fully saturated rings. The van der Waals surface area contributed by atoms with Gasteiger partial charge in [0, 0.05) is 31.8 Å². The smallest absolute Gasteiger partial charge is 0.225 e. The van der Waals surface area contributed by atoms with Crippen molar-refractivity contribution in [2.24, 2.45) is 17.8 Å². The highest BCUT2D eigenvalue weighted by molar-refractivity contribution is 5.84. The summed E-state index contributed by atoms with van der Waals surface area (Å²) in [6.07, 6.45) is 10.1. The maximum absolute atomic E-state index is 12.5. The van der Waals surface area contributed by atoms with Gasteiger partial charge in [0.25, 0.3) is 0 Å². The molecule has 0 aromatic rings. The predicted octanol–water partition coefficient (Wildman–Crippen LogP) is 2.78. The van der Waals surface area contributed by atoms with Crippen molar-refractivity contribution in [2.75, 3.05) is 13.1 Å². The fraction of sp³-hybridized carbons (Fsp3) is 0.875. The number of likely N-dealkylation sites (tertiary alicyclic amines) is 1. The van der Waals surface area contributed by atoms with Crippen LogP contribution in [0.5, 0.6) is 0 Å². The molecule has 19 heavy (non-hydrogen) atoms. The van der Waals surface area contributed by atoms with Crippen molar-refractivity contribution in [3.8, 4) is 0 Å². The van der Waals surface area contributed by atoms with Crippen molar-refractivity contribution in [1.29, 1.82) is 0 Å². The zero-order valence-electron chi connectivity index (χ0n) is 11.8. The molecule has 2 aliphatic carbocycles. The van der Waals surface area contributed by atoms with E-state index in [1.54, 1.807) is 0 Å². The molecule has 3 rings (SSSR count). The average molecular weight is 263 g/mol. The summed E-state index contributed by atoms with van der Waals surface area (Å²) < 4.78 is 0. The molecule has 1 amide bonds. The van der Waals surface area contributed by atoms with Crippen molar-refractivity contribution in [1.82, 2.24) is 4.90 Å². The third-order valence-corrected chi connectivity index (χ3v) is 5.52. The van der Waals surface area contributed by atoms with Crippen LogP contribution >= 0.6 is 0 Å². The number of rotatable bonds is 1. The molecule has 1 saturated heterocycles. The SMILES string of the molecule is O=C1CCN(C(=O)C2CCC3CCCCC3C2)CC1. The number of amides is 1. The van der Waals surface area contributed by atoms with Crippen LogP contribution in [0.25, 0.3) is 0 Å². The highest BCUT2D eigenvalue weighted by Gasteiger charge is 2.37. The number of carbonyl (C=O) groups excluding carboxylic acids is 2. The van der Waals surface area contributed by atoms with Gasteiger partial charge in [-0.05, 0) is 31.1 Å². The van der Waals surface area contributed by atoms with Crippen molar-refractivity contribution in [3.05, 3.63) is 0 Å². The van der Waals surface area contributed by atoms with E-state index in [1.165, 1.54) is 32.1 Å². The van der Waals surface area contributed by atoms with E-state index in [2.05, 4.69) is 0 Å². The van der Waals surface area contributed by atoms with Gasteiger partial charge in [-0.3, -0.25) is 9.59 Å². The minimum absolute atomic E-state index is 0.257. The monoisotopic (exact) mass is 263 g/mol. The molecule has 1 aliphatic heterocycles. The maximum atomic E-state index is 12.5. The highest BCUT2D eigenvalue weighted by atomic mass is 16.2. The fourth-order valence-corrected chi connectivity index (χ4v) is 4.33. The first-order valence-corrected chi connectivity index (χ1v) is 8.04. The summed E-state index contributed by atoms with van der Waals surface area (Å²) in [5.41, 5.74) is 0. The van der Waals surface area contributed by atoms with E-state index in [1.807, 2.05) is 4.90 Å². The van der Waals surface area contributed by atoms with Crippen LogP contribution in [0.2, 0.25) is 0 Å². The van der Waals surface area contributed by atoms with Gasteiger partial charge in [-0.2, -0.15) is 0 Å². The maximum Gasteiger partial charge on any atom is 0.225 e. The molecule has 106 valence electrons. The Kier molecular flexibility index (Phi) is 3.90. The number of fused-ring (bicyclic) bond motifs is 1. The number of nitrogens with zero attached hydrogens (tertiary/aromatic N) is 1. The molecule has 3 aliphatic rings. The van der Waals surface area contributed by atoms with Gasteiger partial charge in [0.2, 0.25) is 5.91 Å². The van der Waals surface area contributed by atoms with Gasteiger partial charge in [-0.15, -0.1) is 0 Å². The Morgan fingerprint density at radius 2 is 1.63 bits per heavy atom. The highest BCUT2D eigenvalue weighted by Crippen LogP contribution is 2.43. The summed E-state index contributed by atoms with van der Waals surface area (Å²) in [6.45, 7) is 1.34. The van der Waals surface area contributed by atoms with Gasteiger partial charge in [-0.1, -0.05) is 25.7 Å². The van der Waals surface area contributed by atoms with E-state index in [0.717, 1.165) is 24.7 Å². The Balaban J connectivity index is 1.57. The number of ketones is 1. The van der Waals surface area contributed by atoms with Gasteiger partial charge in [0.15, 0.2) is 0 Å². The van der Waals surface area contributed by atoms with E-state index in [-0.39, 0.29) is 5.92 Å². The summed E-state index contributed by atoms with van der Waals surface area (Å²) in [4.78, 5) is 25.8. The number of hydrogen-bond donors (Lipinski definition) is 0. The van der Waals surface area contributed by atoms with Crippen LogP contribution in [-0.2, 0) is 9.59 Å². The van der Waals surface area contributed by atoms with Crippen molar-refractivity contribution < 1.29 is 9.59 Å². The number of hydrogen-bond acceptors (Lipinski definition) is 2. The van der Waals surface area contributed by atoms with Gasteiger partial charge in [0.05, 0.1) is 0 Å². The topological polar surface area (TPSA) is 37.4 Å². The molecule has 3 atom stereocenters. The quantitative estimate of drug-likeness (QED) is 0.729. The molecular formula is C16H25NO2. The summed E-state index contributed by atoms with van der Waals surface area (Å²) in [7, 11) is 0. The molecule has 0 spiro atoms. The second-order valence-electron chi connectivity index (χ2n) is 6.68. The van der Waals surface area contributed by atoms with Crippen LogP contribution in [0.1, 0.15) is 57.8 Å². The summed E-state index contributed by atoms with van der Waals surface area (Å²) in [5, 5.41) is 0. The third-order valence-electron chi connectivity index (χ3n) is 5.52. The molecule has 3 nitrogen and oxygen atoms in total. The first-order valence-electron chi connectivity index (χ1n) is 8.04. The Morgan fingerprint density at radius 3 is 2.37 bits per heavy atom. The summed E-state index contributed by atoms with van der Waals surface area (Å²) >= 11 is 0. The molecule has 0 aromatic carbocycles. The van der Waals surface area contributed by atoms with Gasteiger partial charge in [-0.25, -0.2) is 0 Å². The minimum atomic E-state index is 0.257. The minimum Gasteiger partial charge on any atom is -0.342 e. The second kappa shape index (κ2) is 5.64. The lowest BCUT2D eigenvalue weighted by Crippen LogP contribution is -2.44. The lowest BCUT2D eigenvalue weighted by atomic mass is 9.67. The summed E-state index contributed by atoms with van der Waals surface area (Å²) in [5.74, 6) is 2.63. The number of Topliss-reactive ketones (excluding diaryl/α,β-unsaturated/α-hetero) is 1. The first-order chi connectivity index (χ1) is 9.24. The first kappa shape index (κ1) is 13.1. The Morgan fingerprint density at radius 1 is 0.947 bits per heavy atom. The van der Waals surface area contributed by atoms with E-state index < -0.39 is 0 Å². The van der Waals surface area contributed by atoms with Crippen molar-refractivity contribution in [3.63, 3.8) is 0 Å². The second-order valence-corrected chi connectivity index (χ2v) is 6.68. The van der Waals surface area contributed by atoms with Crippen LogP contribution in [-0.4, -0.2) is 29.7 Å². The van der Waals surface area contributed by atoms with Crippen molar-refractivity contribution >= 4 is 11.7 Å². The lowest BCUT2D eigenvalue weighted by molar-refractivity contribution is -0.140. The van der Waals surface area contributed by atoms with E-state index in [9.17, 15) is 9.59 Å². The average Bonchev–Trinajstić information content (AvgIpc) is 2.47. The zero-order valence-corrected chi connectivity index (χ0v) is 11.8. The number of carbonyl (C=O) groups is 2. The third kappa shape index (κ3) is 2.85. The predicted molar refractivity (Wildman–Crippen MR) is 73.6 cm³/mol. The van der Waals surface area contributed by atoms with E-state index >= 15 is 0 Å². The summed E-state index contributed by atoms with van der Waals surface area (Å²) in [6, 6.07) is 0. The molecular weight excluding hydrogens is 238 g/mol. The van der Waals surface area contributed by atoms with Gasteiger partial charge < -0.3 is 4.90 Å². The fourth-order valence-electron chi connectivity index (χ4n) is 4.33. The Labute approximate surface area is 115 Å². The van der Waals surface area contributed by atoms with Gasteiger partial charge >= 0.3 is 0 Å². The standard InChI is InChI=1S/C16H25NO2/c18-15-7-9-17(10-8-15)16(19)14-6-5-12-3-1-2-4-13(12)11-14/h12-14H,1-11H2. The van der Waals surface area contributed by atoms with E-state index in [4.69, 9.17) is 0 Å². The molecule has 0 radical (unpaired) electrons. The normalized spacial score (nSPS) is 35.9. The largest absolute Gasteiger partial charge is 0.342 e. The van der Waals surface area contributed by atoms with Crippen LogP contribution in [0.3, 0.4) is 0 Å². The lowest BCUT2D eigenvalue weighted by Gasteiger charge is -2.40. The zero-order chi connectivity index (χ0) is 13.2. The van der Waals surface area contributed by atoms with Gasteiger partial charge in [0.1, 0.15) is 5.78 Å². The van der Waals surface area contributed by atoms with Crippen LogP contribution in [0, 0.1) is 17.8 Å². The molecule has 3 unspecified atom stereocenters.